The Morgan fingerprint density at radius 3 is 2.75 bits per heavy atom. The van der Waals surface area contributed by atoms with Gasteiger partial charge in [0.15, 0.2) is 0 Å². The fraction of sp³-hybridized carbons (Fsp3) is 0.333. The predicted molar refractivity (Wildman–Crippen MR) is 47.4 cm³/mol. The van der Waals surface area contributed by atoms with E-state index in [1.165, 1.54) is 0 Å². The van der Waals surface area contributed by atoms with Crippen molar-refractivity contribution in [2.45, 2.75) is 19.4 Å². The van der Waals surface area contributed by atoms with Crippen molar-refractivity contribution in [1.82, 2.24) is 0 Å². The molecule has 64 valence electrons. The van der Waals surface area contributed by atoms with Gasteiger partial charge in [-0.3, -0.25) is 4.99 Å². The third kappa shape index (κ3) is 2.34. The number of carbonyl (C=O) groups is 1. The van der Waals surface area contributed by atoms with Crippen molar-refractivity contribution in [2.75, 3.05) is 0 Å². The van der Waals surface area contributed by atoms with Gasteiger partial charge in [0.2, 0.25) is 0 Å². The molecular weight excluding hydrogens is 154 g/mol. The van der Waals surface area contributed by atoms with E-state index >= 15 is 0 Å². The Morgan fingerprint density at radius 1 is 1.67 bits per heavy atom. The highest BCUT2D eigenvalue weighted by Crippen LogP contribution is 2.19. The number of rotatable bonds is 2. The summed E-state index contributed by atoms with van der Waals surface area (Å²) in [7, 11) is 0. The van der Waals surface area contributed by atoms with Crippen LogP contribution in [0.3, 0.4) is 0 Å². The molecule has 3 nitrogen and oxygen atoms in total. The van der Waals surface area contributed by atoms with Crippen molar-refractivity contribution in [2.24, 2.45) is 4.99 Å². The van der Waals surface area contributed by atoms with Crippen LogP contribution in [0.1, 0.15) is 13.8 Å². The first-order valence-corrected chi connectivity index (χ1v) is 3.69. The fourth-order valence-corrected chi connectivity index (χ4v) is 0.982. The third-order valence-electron chi connectivity index (χ3n) is 1.48. The number of hydrogen-bond donors (Lipinski definition) is 1. The fourth-order valence-electron chi connectivity index (χ4n) is 0.982. The molecule has 0 saturated carbocycles. The summed E-state index contributed by atoms with van der Waals surface area (Å²) in [6.07, 6.45) is 6.26. The molecule has 0 spiro atoms. The van der Waals surface area contributed by atoms with Crippen LogP contribution < -0.4 is 0 Å². The average molecular weight is 165 g/mol. The molecule has 0 aromatic heterocycles. The Balaban J connectivity index is 2.70. The van der Waals surface area contributed by atoms with Crippen LogP contribution in [0, 0.1) is 0 Å². The highest BCUT2D eigenvalue weighted by Gasteiger charge is 2.16. The van der Waals surface area contributed by atoms with Crippen LogP contribution in [0.2, 0.25) is 0 Å². The van der Waals surface area contributed by atoms with Crippen LogP contribution in [0.4, 0.5) is 0 Å². The number of carboxylic acids is 1. The zero-order valence-corrected chi connectivity index (χ0v) is 7.11. The lowest BCUT2D eigenvalue weighted by Gasteiger charge is -2.07. The maximum absolute atomic E-state index is 10.2. The molecule has 0 aromatic carbocycles. The van der Waals surface area contributed by atoms with Crippen LogP contribution in [0.15, 0.2) is 28.8 Å². The van der Waals surface area contributed by atoms with Crippen molar-refractivity contribution < 1.29 is 9.90 Å². The maximum Gasteiger partial charge on any atom is 0.328 e. The normalized spacial score (nSPS) is 20.0. The first-order chi connectivity index (χ1) is 5.49. The molecule has 1 aliphatic heterocycles. The summed E-state index contributed by atoms with van der Waals surface area (Å²) >= 11 is 0. The lowest BCUT2D eigenvalue weighted by atomic mass is 10.1. The number of hydrogen-bond acceptors (Lipinski definition) is 2. The number of aliphatic imine (C=N–C) groups is 1. The van der Waals surface area contributed by atoms with Crippen molar-refractivity contribution in [3.8, 4) is 0 Å². The molecule has 1 heterocycles. The zero-order chi connectivity index (χ0) is 9.19. The predicted octanol–water partition coefficient (Wildman–Crippen LogP) is 1.42. The number of carboxylic acid groups (broad SMARTS) is 1. The van der Waals surface area contributed by atoms with E-state index < -0.39 is 5.97 Å². The van der Waals surface area contributed by atoms with E-state index in [0.29, 0.717) is 0 Å². The van der Waals surface area contributed by atoms with Gasteiger partial charge in [-0.1, -0.05) is 0 Å². The van der Waals surface area contributed by atoms with E-state index in [-0.39, 0.29) is 5.54 Å². The number of nitrogens with zero attached hydrogens (tertiary/aromatic N) is 1. The molecule has 0 atom stereocenters. The summed E-state index contributed by atoms with van der Waals surface area (Å²) in [6, 6.07) is 0. The summed E-state index contributed by atoms with van der Waals surface area (Å²) in [5.74, 6) is -0.936. The van der Waals surface area contributed by atoms with E-state index in [9.17, 15) is 4.79 Å². The van der Waals surface area contributed by atoms with Gasteiger partial charge < -0.3 is 5.11 Å². The molecule has 0 aromatic rings. The quantitative estimate of drug-likeness (QED) is 0.629. The Morgan fingerprint density at radius 2 is 2.33 bits per heavy atom. The van der Waals surface area contributed by atoms with Gasteiger partial charge in [0, 0.05) is 12.3 Å². The van der Waals surface area contributed by atoms with Crippen molar-refractivity contribution >= 4 is 12.2 Å². The molecule has 0 radical (unpaired) electrons. The third-order valence-corrected chi connectivity index (χ3v) is 1.48. The van der Waals surface area contributed by atoms with Crippen molar-refractivity contribution in [3.05, 3.63) is 23.8 Å². The second-order valence-electron chi connectivity index (χ2n) is 3.23. The molecule has 0 unspecified atom stereocenters. The monoisotopic (exact) mass is 165 g/mol. The van der Waals surface area contributed by atoms with E-state index in [0.717, 1.165) is 11.6 Å². The minimum Gasteiger partial charge on any atom is -0.478 e. The van der Waals surface area contributed by atoms with Crippen LogP contribution in [0.25, 0.3) is 0 Å². The number of aliphatic carboxylic acids is 1. The molecule has 0 bridgehead atoms. The molecule has 12 heavy (non-hydrogen) atoms. The molecule has 1 rings (SSSR count). The molecule has 0 saturated heterocycles. The molecular formula is C9H11NO2. The van der Waals surface area contributed by atoms with Crippen molar-refractivity contribution in [1.29, 1.82) is 0 Å². The first-order valence-electron chi connectivity index (χ1n) is 3.69. The van der Waals surface area contributed by atoms with Crippen molar-refractivity contribution in [3.63, 3.8) is 0 Å². The lowest BCUT2D eigenvalue weighted by Crippen LogP contribution is -2.07. The molecule has 1 aliphatic rings. The largest absolute Gasteiger partial charge is 0.478 e. The summed E-state index contributed by atoms with van der Waals surface area (Å²) in [5.41, 5.74) is 0.667. The Hall–Kier alpha value is -1.38. The Bertz CT molecular complexity index is 285. The highest BCUT2D eigenvalue weighted by molar-refractivity contribution is 5.89. The summed E-state index contributed by atoms with van der Waals surface area (Å²) < 4.78 is 0. The van der Waals surface area contributed by atoms with Gasteiger partial charge in [-0.15, -0.1) is 0 Å². The van der Waals surface area contributed by atoms with Crippen LogP contribution in [0.5, 0.6) is 0 Å². The van der Waals surface area contributed by atoms with E-state index in [2.05, 4.69) is 4.99 Å². The zero-order valence-electron chi connectivity index (χ0n) is 7.11. The van der Waals surface area contributed by atoms with Crippen LogP contribution in [-0.2, 0) is 4.79 Å². The van der Waals surface area contributed by atoms with E-state index in [4.69, 9.17) is 5.11 Å². The Labute approximate surface area is 71.1 Å². The number of allylic oxidation sites excluding steroid dienone is 2. The molecule has 0 aliphatic carbocycles. The minimum atomic E-state index is -0.936. The van der Waals surface area contributed by atoms with E-state index in [1.54, 1.807) is 12.3 Å². The van der Waals surface area contributed by atoms with Gasteiger partial charge in [-0.2, -0.15) is 0 Å². The van der Waals surface area contributed by atoms with Gasteiger partial charge in [-0.05, 0) is 31.6 Å². The topological polar surface area (TPSA) is 49.7 Å². The van der Waals surface area contributed by atoms with Gasteiger partial charge in [0.25, 0.3) is 0 Å². The van der Waals surface area contributed by atoms with Gasteiger partial charge in [0.1, 0.15) is 0 Å². The maximum atomic E-state index is 10.2. The molecule has 1 N–H and O–H groups in total. The molecule has 0 fully saturated rings. The smallest absolute Gasteiger partial charge is 0.328 e. The second kappa shape index (κ2) is 2.93. The summed E-state index contributed by atoms with van der Waals surface area (Å²) in [5, 5.41) is 8.35. The van der Waals surface area contributed by atoms with Crippen LogP contribution >= 0.6 is 0 Å². The minimum absolute atomic E-state index is 0.182. The molecule has 0 amide bonds. The highest BCUT2D eigenvalue weighted by atomic mass is 16.4. The average Bonchev–Trinajstić information content (AvgIpc) is 2.26. The SMILES string of the molecule is CC1(C)C=C(/C=C/C(=O)O)C=N1. The van der Waals surface area contributed by atoms with Gasteiger partial charge in [0.05, 0.1) is 5.54 Å². The van der Waals surface area contributed by atoms with Gasteiger partial charge >= 0.3 is 5.97 Å². The summed E-state index contributed by atoms with van der Waals surface area (Å²) in [6.45, 7) is 3.93. The molecule has 3 heteroatoms. The standard InChI is InChI=1S/C9H11NO2/c1-9(2)5-7(6-10-9)3-4-8(11)12/h3-6H,1-2H3,(H,11,12)/b4-3+. The van der Waals surface area contributed by atoms with Gasteiger partial charge in [-0.25, -0.2) is 4.79 Å². The lowest BCUT2D eigenvalue weighted by molar-refractivity contribution is -0.131. The summed E-state index contributed by atoms with van der Waals surface area (Å²) in [4.78, 5) is 14.3. The Kier molecular flexibility index (Phi) is 2.13. The van der Waals surface area contributed by atoms with Crippen LogP contribution in [-0.4, -0.2) is 22.8 Å². The first kappa shape index (κ1) is 8.71. The van der Waals surface area contributed by atoms with E-state index in [1.807, 2.05) is 19.9 Å². The second-order valence-corrected chi connectivity index (χ2v) is 3.23.